The highest BCUT2D eigenvalue weighted by molar-refractivity contribution is 5.89. The van der Waals surface area contributed by atoms with Crippen molar-refractivity contribution in [2.75, 3.05) is 13.1 Å². The van der Waals surface area contributed by atoms with E-state index in [1.165, 1.54) is 4.90 Å². The maximum atomic E-state index is 12.3. The summed E-state index contributed by atoms with van der Waals surface area (Å²) in [5.41, 5.74) is 8.48. The molecule has 1 amide bonds. The lowest BCUT2D eigenvalue weighted by molar-refractivity contribution is -0.0148. The molecule has 2 atom stereocenters. The monoisotopic (exact) mass is 346 g/mol. The molecule has 0 spiro atoms. The minimum Gasteiger partial charge on any atom is -0.457 e. The van der Waals surface area contributed by atoms with Crippen LogP contribution in [0.5, 0.6) is 0 Å². The predicted molar refractivity (Wildman–Crippen MR) is 91.0 cm³/mol. The Kier molecular flexibility index (Phi) is 5.88. The van der Waals surface area contributed by atoms with Crippen LogP contribution in [0.25, 0.3) is 10.4 Å². The second-order valence-corrected chi connectivity index (χ2v) is 6.87. The van der Waals surface area contributed by atoms with E-state index in [-0.39, 0.29) is 13.1 Å². The first-order chi connectivity index (χ1) is 11.8. The Balaban J connectivity index is 2.08. The molecule has 8 heteroatoms. The molecule has 0 bridgehead atoms. The summed E-state index contributed by atoms with van der Waals surface area (Å²) in [6.07, 6.45) is -0.724. The second-order valence-electron chi connectivity index (χ2n) is 6.87. The van der Waals surface area contributed by atoms with Crippen molar-refractivity contribution in [1.82, 2.24) is 4.90 Å². The van der Waals surface area contributed by atoms with E-state index in [0.29, 0.717) is 12.0 Å². The number of azide groups is 1. The van der Waals surface area contributed by atoms with E-state index >= 15 is 0 Å². The molecule has 8 nitrogen and oxygen atoms in total. The lowest BCUT2D eigenvalue weighted by Gasteiger charge is -2.36. The predicted octanol–water partition coefficient (Wildman–Crippen LogP) is 3.53. The molecule has 25 heavy (non-hydrogen) atoms. The fourth-order valence-electron chi connectivity index (χ4n) is 2.54. The van der Waals surface area contributed by atoms with Crippen molar-refractivity contribution >= 4 is 12.1 Å². The normalized spacial score (nSPS) is 20.4. The van der Waals surface area contributed by atoms with Crippen molar-refractivity contribution in [1.29, 1.82) is 0 Å². The third-order valence-electron chi connectivity index (χ3n) is 3.54. The molecule has 1 unspecified atom stereocenters. The van der Waals surface area contributed by atoms with Gasteiger partial charge in [0.25, 0.3) is 0 Å². The zero-order chi connectivity index (χ0) is 18.4. The minimum absolute atomic E-state index is 0.199. The highest BCUT2D eigenvalue weighted by Crippen LogP contribution is 2.20. The molecule has 2 rings (SSSR count). The first-order valence-corrected chi connectivity index (χ1v) is 8.06. The van der Waals surface area contributed by atoms with Gasteiger partial charge in [0.1, 0.15) is 11.7 Å². The number of benzene rings is 1. The fraction of sp³-hybridized carbons (Fsp3) is 0.529. The SMILES string of the molecule is CC(C)(C)OC(=O)N1CC(N=[N+]=[N-])C[C@H](OC(=O)c2ccccc2)C1. The van der Waals surface area contributed by atoms with Gasteiger partial charge >= 0.3 is 12.1 Å². The molecule has 1 saturated heterocycles. The van der Waals surface area contributed by atoms with Crippen LogP contribution in [0, 0.1) is 0 Å². The van der Waals surface area contributed by atoms with E-state index < -0.39 is 29.8 Å². The Hall–Kier alpha value is -2.73. The number of hydrogen-bond acceptors (Lipinski definition) is 5. The Bertz CT molecular complexity index is 665. The molecule has 134 valence electrons. The third-order valence-corrected chi connectivity index (χ3v) is 3.54. The van der Waals surface area contributed by atoms with Crippen molar-refractivity contribution in [2.45, 2.75) is 44.9 Å². The average molecular weight is 346 g/mol. The van der Waals surface area contributed by atoms with Gasteiger partial charge in [0, 0.05) is 11.5 Å². The molecule has 1 aromatic rings. The van der Waals surface area contributed by atoms with Gasteiger partial charge in [-0.2, -0.15) is 0 Å². The number of carbonyl (C=O) groups is 2. The highest BCUT2D eigenvalue weighted by atomic mass is 16.6. The summed E-state index contributed by atoms with van der Waals surface area (Å²) in [5, 5.41) is 3.68. The largest absolute Gasteiger partial charge is 0.457 e. The zero-order valence-corrected chi connectivity index (χ0v) is 14.6. The number of piperidine rings is 1. The van der Waals surface area contributed by atoms with Gasteiger partial charge in [-0.25, -0.2) is 9.59 Å². The van der Waals surface area contributed by atoms with Crippen molar-refractivity contribution < 1.29 is 19.1 Å². The van der Waals surface area contributed by atoms with Crippen LogP contribution >= 0.6 is 0 Å². The van der Waals surface area contributed by atoms with Crippen LogP contribution < -0.4 is 0 Å². The second kappa shape index (κ2) is 7.90. The number of amides is 1. The van der Waals surface area contributed by atoms with Crippen LogP contribution in [0.2, 0.25) is 0 Å². The van der Waals surface area contributed by atoms with Gasteiger partial charge in [-0.05, 0) is 44.9 Å². The van der Waals surface area contributed by atoms with Gasteiger partial charge in [-0.15, -0.1) is 0 Å². The lowest BCUT2D eigenvalue weighted by Crippen LogP contribution is -2.50. The molecular formula is C17H22N4O4. The van der Waals surface area contributed by atoms with Crippen molar-refractivity contribution in [2.24, 2.45) is 5.11 Å². The quantitative estimate of drug-likeness (QED) is 0.361. The summed E-state index contributed by atoms with van der Waals surface area (Å²) in [7, 11) is 0. The number of carbonyl (C=O) groups excluding carboxylic acids is 2. The van der Waals surface area contributed by atoms with Crippen molar-refractivity contribution in [3.8, 4) is 0 Å². The smallest absolute Gasteiger partial charge is 0.410 e. The molecule has 1 fully saturated rings. The standard InChI is InChI=1S/C17H22N4O4/c1-17(2,3)25-16(23)21-10-13(19-20-18)9-14(11-21)24-15(22)12-7-5-4-6-8-12/h4-8,13-14H,9-11H2,1-3H3/t13?,14-/m0/s1. The van der Waals surface area contributed by atoms with E-state index in [4.69, 9.17) is 15.0 Å². The van der Waals surface area contributed by atoms with Crippen LogP contribution in [0.4, 0.5) is 4.79 Å². The van der Waals surface area contributed by atoms with E-state index in [1.54, 1.807) is 51.1 Å². The van der Waals surface area contributed by atoms with Gasteiger partial charge in [-0.1, -0.05) is 23.3 Å². The molecule has 0 saturated carbocycles. The summed E-state index contributed by atoms with van der Waals surface area (Å²) >= 11 is 0. The van der Waals surface area contributed by atoms with Crippen LogP contribution in [-0.2, 0) is 9.47 Å². The van der Waals surface area contributed by atoms with E-state index in [9.17, 15) is 9.59 Å². The highest BCUT2D eigenvalue weighted by Gasteiger charge is 2.34. The zero-order valence-electron chi connectivity index (χ0n) is 14.6. The van der Waals surface area contributed by atoms with Crippen LogP contribution in [0.15, 0.2) is 35.4 Å². The number of hydrogen-bond donors (Lipinski definition) is 0. The molecular weight excluding hydrogens is 324 g/mol. The topological polar surface area (TPSA) is 105 Å². The number of nitrogens with zero attached hydrogens (tertiary/aromatic N) is 4. The molecule has 0 aliphatic carbocycles. The summed E-state index contributed by atoms with van der Waals surface area (Å²) in [4.78, 5) is 28.7. The van der Waals surface area contributed by atoms with Gasteiger partial charge in [0.05, 0.1) is 18.2 Å². The maximum Gasteiger partial charge on any atom is 0.410 e. The van der Waals surface area contributed by atoms with Gasteiger partial charge in [0.2, 0.25) is 0 Å². The Morgan fingerprint density at radius 3 is 2.52 bits per heavy atom. The summed E-state index contributed by atoms with van der Waals surface area (Å²) < 4.78 is 10.8. The lowest BCUT2D eigenvalue weighted by atomic mass is 10.0. The van der Waals surface area contributed by atoms with Gasteiger partial charge < -0.3 is 14.4 Å². The molecule has 1 aliphatic rings. The molecule has 0 N–H and O–H groups in total. The summed E-state index contributed by atoms with van der Waals surface area (Å²) in [5.74, 6) is -0.476. The molecule has 0 radical (unpaired) electrons. The van der Waals surface area contributed by atoms with Crippen molar-refractivity contribution in [3.05, 3.63) is 46.3 Å². The van der Waals surface area contributed by atoms with Gasteiger partial charge in [0.15, 0.2) is 0 Å². The van der Waals surface area contributed by atoms with E-state index in [0.717, 1.165) is 0 Å². The Morgan fingerprint density at radius 2 is 1.92 bits per heavy atom. The van der Waals surface area contributed by atoms with E-state index in [2.05, 4.69) is 10.0 Å². The fourth-order valence-corrected chi connectivity index (χ4v) is 2.54. The molecule has 1 aliphatic heterocycles. The number of ether oxygens (including phenoxy) is 2. The summed E-state index contributed by atoms with van der Waals surface area (Å²) in [6.45, 7) is 5.75. The third kappa shape index (κ3) is 5.69. The Morgan fingerprint density at radius 1 is 1.24 bits per heavy atom. The van der Waals surface area contributed by atoms with Crippen LogP contribution in [-0.4, -0.2) is 47.8 Å². The molecule has 1 aromatic carbocycles. The van der Waals surface area contributed by atoms with Crippen molar-refractivity contribution in [3.63, 3.8) is 0 Å². The maximum absolute atomic E-state index is 12.3. The number of esters is 1. The first kappa shape index (κ1) is 18.6. The van der Waals surface area contributed by atoms with Gasteiger partial charge in [-0.3, -0.25) is 0 Å². The molecule has 1 heterocycles. The molecule has 0 aromatic heterocycles. The van der Waals surface area contributed by atoms with Crippen LogP contribution in [0.3, 0.4) is 0 Å². The number of rotatable bonds is 3. The van der Waals surface area contributed by atoms with E-state index in [1.807, 2.05) is 0 Å². The average Bonchev–Trinajstić information content (AvgIpc) is 2.54. The van der Waals surface area contributed by atoms with Crippen LogP contribution in [0.1, 0.15) is 37.6 Å². The summed E-state index contributed by atoms with van der Waals surface area (Å²) in [6, 6.07) is 8.13. The number of likely N-dealkylation sites (tertiary alicyclic amines) is 1. The Labute approximate surface area is 146 Å². The first-order valence-electron chi connectivity index (χ1n) is 8.06. The minimum atomic E-state index is -0.640.